The van der Waals surface area contributed by atoms with Gasteiger partial charge in [0.05, 0.1) is 18.1 Å². The molecule has 0 unspecified atom stereocenters. The van der Waals surface area contributed by atoms with Crippen molar-refractivity contribution in [1.29, 1.82) is 0 Å². The molecular formula is C18H30N2O4S. The van der Waals surface area contributed by atoms with Gasteiger partial charge in [-0.3, -0.25) is 0 Å². The molecule has 6 nitrogen and oxygen atoms in total. The van der Waals surface area contributed by atoms with Crippen molar-refractivity contribution in [2.45, 2.75) is 51.0 Å². The van der Waals surface area contributed by atoms with Crippen LogP contribution in [0.25, 0.3) is 0 Å². The first-order valence-electron chi connectivity index (χ1n) is 9.10. The maximum atomic E-state index is 12.6. The summed E-state index contributed by atoms with van der Waals surface area (Å²) in [5, 5.41) is 0. The molecule has 0 amide bonds. The molecule has 0 fully saturated rings. The van der Waals surface area contributed by atoms with Gasteiger partial charge in [0, 0.05) is 18.5 Å². The highest BCUT2D eigenvalue weighted by molar-refractivity contribution is 7.89. The van der Waals surface area contributed by atoms with E-state index in [1.165, 1.54) is 0 Å². The molecule has 2 rings (SSSR count). The number of nitrogens with one attached hydrogen (secondary N) is 1. The van der Waals surface area contributed by atoms with Gasteiger partial charge in [0.15, 0.2) is 11.5 Å². The van der Waals surface area contributed by atoms with Gasteiger partial charge in [-0.15, -0.1) is 0 Å². The van der Waals surface area contributed by atoms with Gasteiger partial charge in [-0.05, 0) is 51.5 Å². The predicted octanol–water partition coefficient (Wildman–Crippen LogP) is 2.64. The largest absolute Gasteiger partial charge is 0.490 e. The second-order valence-corrected chi connectivity index (χ2v) is 8.06. The highest BCUT2D eigenvalue weighted by Crippen LogP contribution is 2.31. The van der Waals surface area contributed by atoms with E-state index in [9.17, 15) is 8.42 Å². The zero-order valence-corrected chi connectivity index (χ0v) is 16.3. The van der Waals surface area contributed by atoms with E-state index >= 15 is 0 Å². The van der Waals surface area contributed by atoms with Crippen molar-refractivity contribution in [3.63, 3.8) is 0 Å². The van der Waals surface area contributed by atoms with Crippen LogP contribution < -0.4 is 14.2 Å². The number of hydrogen-bond donors (Lipinski definition) is 1. The molecule has 1 atom stereocenters. The van der Waals surface area contributed by atoms with Crippen LogP contribution in [0, 0.1) is 0 Å². The normalized spacial score (nSPS) is 15.8. The van der Waals surface area contributed by atoms with Crippen molar-refractivity contribution in [3.8, 4) is 11.5 Å². The Labute approximate surface area is 151 Å². The molecule has 142 valence electrons. The highest BCUT2D eigenvalue weighted by Gasteiger charge is 2.20. The number of benzene rings is 1. The average molecular weight is 371 g/mol. The standard InChI is InChI=1S/C18H30N2O4S/c1-4-20(5-2)11-6-8-15(3)19-25(21,22)16-9-10-17-18(14-16)24-13-7-12-23-17/h9-10,14-15,19H,4-8,11-13H2,1-3H3/t15-/m0/s1. The zero-order valence-electron chi connectivity index (χ0n) is 15.5. The lowest BCUT2D eigenvalue weighted by atomic mass is 10.2. The Hall–Kier alpha value is -1.31. The van der Waals surface area contributed by atoms with Crippen LogP contribution in [0.2, 0.25) is 0 Å². The summed E-state index contributed by atoms with van der Waals surface area (Å²) in [7, 11) is -3.57. The summed E-state index contributed by atoms with van der Waals surface area (Å²) in [4.78, 5) is 2.55. The van der Waals surface area contributed by atoms with Gasteiger partial charge in [-0.25, -0.2) is 13.1 Å². The lowest BCUT2D eigenvalue weighted by Gasteiger charge is -2.20. The molecule has 0 saturated heterocycles. The Bertz CT molecular complexity index is 644. The summed E-state index contributed by atoms with van der Waals surface area (Å²) < 4.78 is 39.1. The molecule has 0 saturated carbocycles. The number of nitrogens with zero attached hydrogens (tertiary/aromatic N) is 1. The lowest BCUT2D eigenvalue weighted by Crippen LogP contribution is -2.33. The number of hydrogen-bond acceptors (Lipinski definition) is 5. The average Bonchev–Trinajstić information content (AvgIpc) is 2.83. The number of fused-ring (bicyclic) bond motifs is 1. The predicted molar refractivity (Wildman–Crippen MR) is 98.9 cm³/mol. The van der Waals surface area contributed by atoms with E-state index in [0.29, 0.717) is 24.7 Å². The van der Waals surface area contributed by atoms with E-state index in [2.05, 4.69) is 23.5 Å². The summed E-state index contributed by atoms with van der Waals surface area (Å²) in [5.74, 6) is 1.10. The highest BCUT2D eigenvalue weighted by atomic mass is 32.2. The van der Waals surface area contributed by atoms with Crippen molar-refractivity contribution >= 4 is 10.0 Å². The minimum atomic E-state index is -3.57. The molecule has 25 heavy (non-hydrogen) atoms. The van der Waals surface area contributed by atoms with Crippen LogP contribution in [0.15, 0.2) is 23.1 Å². The van der Waals surface area contributed by atoms with E-state index in [1.807, 2.05) is 6.92 Å². The third kappa shape index (κ3) is 5.87. The molecule has 1 heterocycles. The van der Waals surface area contributed by atoms with Crippen LogP contribution >= 0.6 is 0 Å². The Morgan fingerprint density at radius 1 is 1.16 bits per heavy atom. The fourth-order valence-corrected chi connectivity index (χ4v) is 4.16. The van der Waals surface area contributed by atoms with Crippen molar-refractivity contribution in [1.82, 2.24) is 9.62 Å². The van der Waals surface area contributed by atoms with E-state index in [-0.39, 0.29) is 10.9 Å². The molecule has 0 spiro atoms. The van der Waals surface area contributed by atoms with Gasteiger partial charge in [0.25, 0.3) is 0 Å². The van der Waals surface area contributed by atoms with Crippen molar-refractivity contribution in [2.75, 3.05) is 32.8 Å². The van der Waals surface area contributed by atoms with Crippen molar-refractivity contribution in [2.24, 2.45) is 0 Å². The summed E-state index contributed by atoms with van der Waals surface area (Å²) in [6.07, 6.45) is 2.56. The molecule has 0 aromatic heterocycles. The SMILES string of the molecule is CCN(CC)CCC[C@H](C)NS(=O)(=O)c1ccc2c(c1)OCCCO2. The fourth-order valence-electron chi connectivity index (χ4n) is 2.86. The monoisotopic (exact) mass is 370 g/mol. The fraction of sp³-hybridized carbons (Fsp3) is 0.667. The second-order valence-electron chi connectivity index (χ2n) is 6.35. The van der Waals surface area contributed by atoms with E-state index in [0.717, 1.165) is 38.9 Å². The van der Waals surface area contributed by atoms with Crippen LogP contribution in [0.5, 0.6) is 11.5 Å². The molecule has 1 aliphatic rings. The molecule has 0 radical (unpaired) electrons. The Balaban J connectivity index is 1.95. The second kappa shape index (κ2) is 9.40. The van der Waals surface area contributed by atoms with Crippen molar-refractivity contribution < 1.29 is 17.9 Å². The van der Waals surface area contributed by atoms with Gasteiger partial charge >= 0.3 is 0 Å². The van der Waals surface area contributed by atoms with E-state index < -0.39 is 10.0 Å². The molecule has 0 aliphatic carbocycles. The minimum Gasteiger partial charge on any atom is -0.490 e. The zero-order chi connectivity index (χ0) is 18.3. The molecule has 1 N–H and O–H groups in total. The minimum absolute atomic E-state index is 0.114. The molecule has 0 bridgehead atoms. The first kappa shape index (κ1) is 20.0. The Morgan fingerprint density at radius 3 is 2.52 bits per heavy atom. The van der Waals surface area contributed by atoms with Gasteiger partial charge in [0.1, 0.15) is 0 Å². The third-order valence-electron chi connectivity index (χ3n) is 4.39. The van der Waals surface area contributed by atoms with Gasteiger partial charge in [0.2, 0.25) is 10.0 Å². The first-order chi connectivity index (χ1) is 12.0. The Morgan fingerprint density at radius 2 is 1.84 bits per heavy atom. The van der Waals surface area contributed by atoms with Gasteiger partial charge in [-0.1, -0.05) is 13.8 Å². The van der Waals surface area contributed by atoms with Crippen LogP contribution in [-0.2, 0) is 10.0 Å². The first-order valence-corrected chi connectivity index (χ1v) is 10.6. The maximum absolute atomic E-state index is 12.6. The van der Waals surface area contributed by atoms with Crippen LogP contribution in [0.1, 0.15) is 40.0 Å². The molecule has 1 aliphatic heterocycles. The summed E-state index contributed by atoms with van der Waals surface area (Å²) in [6.45, 7) is 10.3. The molecule has 1 aromatic carbocycles. The molecular weight excluding hydrogens is 340 g/mol. The maximum Gasteiger partial charge on any atom is 0.240 e. The van der Waals surface area contributed by atoms with Crippen molar-refractivity contribution in [3.05, 3.63) is 18.2 Å². The van der Waals surface area contributed by atoms with Gasteiger partial charge in [-0.2, -0.15) is 0 Å². The van der Waals surface area contributed by atoms with Crippen LogP contribution in [0.4, 0.5) is 0 Å². The summed E-state index contributed by atoms with van der Waals surface area (Å²) >= 11 is 0. The number of ether oxygens (including phenoxy) is 2. The van der Waals surface area contributed by atoms with E-state index in [4.69, 9.17) is 9.47 Å². The smallest absolute Gasteiger partial charge is 0.240 e. The topological polar surface area (TPSA) is 67.9 Å². The van der Waals surface area contributed by atoms with Crippen LogP contribution in [0.3, 0.4) is 0 Å². The number of rotatable bonds is 9. The number of sulfonamides is 1. The lowest BCUT2D eigenvalue weighted by molar-refractivity contribution is 0.293. The van der Waals surface area contributed by atoms with Crippen LogP contribution in [-0.4, -0.2) is 52.2 Å². The quantitative estimate of drug-likeness (QED) is 0.724. The van der Waals surface area contributed by atoms with E-state index in [1.54, 1.807) is 18.2 Å². The van der Waals surface area contributed by atoms with Gasteiger partial charge < -0.3 is 14.4 Å². The summed E-state index contributed by atoms with van der Waals surface area (Å²) in [6, 6.07) is 4.67. The molecule has 1 aromatic rings. The third-order valence-corrected chi connectivity index (χ3v) is 5.98. The molecule has 7 heteroatoms. The summed E-state index contributed by atoms with van der Waals surface area (Å²) in [5.41, 5.74) is 0. The Kier molecular flexibility index (Phi) is 7.53.